The van der Waals surface area contributed by atoms with E-state index in [1.165, 1.54) is 0 Å². The lowest BCUT2D eigenvalue weighted by Gasteiger charge is -1.94. The SMILES string of the molecule is O/N=C1\C=CC=CC1. The molecule has 0 radical (unpaired) electrons. The number of hydrogen-bond acceptors (Lipinski definition) is 2. The van der Waals surface area contributed by atoms with E-state index in [4.69, 9.17) is 5.21 Å². The Bertz CT molecular complexity index is 156. The molecule has 1 N–H and O–H groups in total. The molecule has 0 heterocycles. The van der Waals surface area contributed by atoms with E-state index in [1.54, 1.807) is 6.08 Å². The van der Waals surface area contributed by atoms with Gasteiger partial charge in [-0.1, -0.05) is 23.4 Å². The molecular weight excluding hydrogens is 102 g/mol. The van der Waals surface area contributed by atoms with E-state index in [2.05, 4.69) is 5.16 Å². The molecule has 0 aromatic carbocycles. The Morgan fingerprint density at radius 3 is 2.75 bits per heavy atom. The Labute approximate surface area is 47.8 Å². The Hall–Kier alpha value is -1.05. The number of oxime groups is 1. The highest BCUT2D eigenvalue weighted by Gasteiger charge is 1.92. The third-order valence-corrected chi connectivity index (χ3v) is 0.991. The summed E-state index contributed by atoms with van der Waals surface area (Å²) in [5.41, 5.74) is 0.715. The molecule has 42 valence electrons. The molecule has 0 atom stereocenters. The van der Waals surface area contributed by atoms with Crippen LogP contribution in [0.3, 0.4) is 0 Å². The van der Waals surface area contributed by atoms with E-state index < -0.39 is 0 Å². The molecule has 0 amide bonds. The lowest BCUT2D eigenvalue weighted by Crippen LogP contribution is -1.92. The van der Waals surface area contributed by atoms with E-state index in [0.717, 1.165) is 6.42 Å². The van der Waals surface area contributed by atoms with Gasteiger partial charge in [0.15, 0.2) is 0 Å². The number of rotatable bonds is 0. The zero-order chi connectivity index (χ0) is 5.82. The number of allylic oxidation sites excluding steroid dienone is 4. The van der Waals surface area contributed by atoms with Crippen LogP contribution in [0.15, 0.2) is 29.5 Å². The van der Waals surface area contributed by atoms with Gasteiger partial charge in [-0.3, -0.25) is 0 Å². The largest absolute Gasteiger partial charge is 0.411 e. The van der Waals surface area contributed by atoms with Crippen LogP contribution in [0.25, 0.3) is 0 Å². The lowest BCUT2D eigenvalue weighted by molar-refractivity contribution is 0.318. The first-order valence-electron chi connectivity index (χ1n) is 2.47. The van der Waals surface area contributed by atoms with Crippen molar-refractivity contribution in [3.05, 3.63) is 24.3 Å². The summed E-state index contributed by atoms with van der Waals surface area (Å²) in [6.07, 6.45) is 8.23. The number of hydrogen-bond donors (Lipinski definition) is 1. The molecule has 0 bridgehead atoms. The fraction of sp³-hybridized carbons (Fsp3) is 0.167. The minimum absolute atomic E-state index is 0.715. The zero-order valence-electron chi connectivity index (χ0n) is 4.41. The monoisotopic (exact) mass is 109 g/mol. The Morgan fingerprint density at radius 2 is 2.38 bits per heavy atom. The van der Waals surface area contributed by atoms with Gasteiger partial charge >= 0.3 is 0 Å². The Kier molecular flexibility index (Phi) is 1.47. The van der Waals surface area contributed by atoms with E-state index in [-0.39, 0.29) is 0 Å². The lowest BCUT2D eigenvalue weighted by atomic mass is 10.2. The average molecular weight is 109 g/mol. The van der Waals surface area contributed by atoms with Crippen molar-refractivity contribution in [3.63, 3.8) is 0 Å². The van der Waals surface area contributed by atoms with Crippen molar-refractivity contribution in [1.29, 1.82) is 0 Å². The summed E-state index contributed by atoms with van der Waals surface area (Å²) in [5.74, 6) is 0. The molecule has 1 aliphatic rings. The van der Waals surface area contributed by atoms with Crippen LogP contribution in [-0.4, -0.2) is 10.9 Å². The highest BCUT2D eigenvalue weighted by molar-refractivity contribution is 5.96. The van der Waals surface area contributed by atoms with Crippen molar-refractivity contribution in [1.82, 2.24) is 0 Å². The van der Waals surface area contributed by atoms with E-state index >= 15 is 0 Å². The molecule has 2 heteroatoms. The van der Waals surface area contributed by atoms with Crippen LogP contribution in [0.5, 0.6) is 0 Å². The van der Waals surface area contributed by atoms with Gasteiger partial charge in [0.1, 0.15) is 0 Å². The maximum atomic E-state index is 8.19. The van der Waals surface area contributed by atoms with E-state index in [9.17, 15) is 0 Å². The summed E-state index contributed by atoms with van der Waals surface area (Å²) >= 11 is 0. The highest BCUT2D eigenvalue weighted by Crippen LogP contribution is 1.97. The van der Waals surface area contributed by atoms with Crippen LogP contribution in [-0.2, 0) is 0 Å². The van der Waals surface area contributed by atoms with Gasteiger partial charge in [-0.15, -0.1) is 0 Å². The quantitative estimate of drug-likeness (QED) is 0.369. The van der Waals surface area contributed by atoms with Gasteiger partial charge < -0.3 is 5.21 Å². The molecule has 0 fully saturated rings. The van der Waals surface area contributed by atoms with Gasteiger partial charge in [-0.05, 0) is 6.08 Å². The Morgan fingerprint density at radius 1 is 1.50 bits per heavy atom. The van der Waals surface area contributed by atoms with Crippen LogP contribution < -0.4 is 0 Å². The molecule has 2 nitrogen and oxygen atoms in total. The van der Waals surface area contributed by atoms with Gasteiger partial charge in [-0.25, -0.2) is 0 Å². The summed E-state index contributed by atoms with van der Waals surface area (Å²) in [7, 11) is 0. The van der Waals surface area contributed by atoms with E-state index in [0.29, 0.717) is 5.71 Å². The second kappa shape index (κ2) is 2.31. The molecule has 0 saturated heterocycles. The topological polar surface area (TPSA) is 32.6 Å². The predicted molar refractivity (Wildman–Crippen MR) is 32.1 cm³/mol. The summed E-state index contributed by atoms with van der Waals surface area (Å²) in [4.78, 5) is 0. The maximum absolute atomic E-state index is 8.19. The Balaban J connectivity index is 2.66. The minimum Gasteiger partial charge on any atom is -0.411 e. The standard InChI is InChI=1S/C6H7NO/c8-7-6-4-2-1-3-5-6/h1-4,8H,5H2/b7-6+. The molecule has 0 spiro atoms. The first-order valence-corrected chi connectivity index (χ1v) is 2.47. The van der Waals surface area contributed by atoms with Crippen molar-refractivity contribution in [2.45, 2.75) is 6.42 Å². The predicted octanol–water partition coefficient (Wildman–Crippen LogP) is 1.33. The van der Waals surface area contributed by atoms with Crippen molar-refractivity contribution in [3.8, 4) is 0 Å². The molecule has 8 heavy (non-hydrogen) atoms. The second-order valence-corrected chi connectivity index (χ2v) is 1.58. The van der Waals surface area contributed by atoms with Crippen LogP contribution in [0.1, 0.15) is 6.42 Å². The van der Waals surface area contributed by atoms with Crippen molar-refractivity contribution < 1.29 is 5.21 Å². The van der Waals surface area contributed by atoms with Crippen molar-refractivity contribution in [2.24, 2.45) is 5.16 Å². The van der Waals surface area contributed by atoms with Gasteiger partial charge in [0.25, 0.3) is 0 Å². The number of nitrogens with zero attached hydrogens (tertiary/aromatic N) is 1. The molecule has 0 saturated carbocycles. The minimum atomic E-state index is 0.715. The highest BCUT2D eigenvalue weighted by atomic mass is 16.4. The van der Waals surface area contributed by atoms with E-state index in [1.807, 2.05) is 18.2 Å². The molecule has 1 aliphatic carbocycles. The molecule has 0 aliphatic heterocycles. The fourth-order valence-corrected chi connectivity index (χ4v) is 0.576. The average Bonchev–Trinajstić information content (AvgIpc) is 1.90. The second-order valence-electron chi connectivity index (χ2n) is 1.58. The molecule has 0 aromatic heterocycles. The first kappa shape index (κ1) is 5.09. The van der Waals surface area contributed by atoms with Crippen LogP contribution in [0, 0.1) is 0 Å². The van der Waals surface area contributed by atoms with Gasteiger partial charge in [0, 0.05) is 6.42 Å². The third kappa shape index (κ3) is 0.964. The smallest absolute Gasteiger partial charge is 0.0833 e. The fourth-order valence-electron chi connectivity index (χ4n) is 0.576. The molecule has 0 aromatic rings. The summed E-state index contributed by atoms with van der Waals surface area (Å²) in [6.45, 7) is 0. The van der Waals surface area contributed by atoms with Crippen LogP contribution >= 0.6 is 0 Å². The van der Waals surface area contributed by atoms with Crippen LogP contribution in [0.2, 0.25) is 0 Å². The summed E-state index contributed by atoms with van der Waals surface area (Å²) < 4.78 is 0. The van der Waals surface area contributed by atoms with Crippen molar-refractivity contribution >= 4 is 5.71 Å². The van der Waals surface area contributed by atoms with Gasteiger partial charge in [0.2, 0.25) is 0 Å². The van der Waals surface area contributed by atoms with Crippen molar-refractivity contribution in [2.75, 3.05) is 0 Å². The normalized spacial score (nSPS) is 22.2. The molecular formula is C6H7NO. The summed E-state index contributed by atoms with van der Waals surface area (Å²) in [5, 5.41) is 11.2. The summed E-state index contributed by atoms with van der Waals surface area (Å²) in [6, 6.07) is 0. The van der Waals surface area contributed by atoms with Crippen LogP contribution in [0.4, 0.5) is 0 Å². The third-order valence-electron chi connectivity index (χ3n) is 0.991. The zero-order valence-corrected chi connectivity index (χ0v) is 4.41. The first-order chi connectivity index (χ1) is 3.93. The molecule has 1 rings (SSSR count). The molecule has 0 unspecified atom stereocenters. The van der Waals surface area contributed by atoms with Gasteiger partial charge in [-0.2, -0.15) is 0 Å². The maximum Gasteiger partial charge on any atom is 0.0833 e. The van der Waals surface area contributed by atoms with Gasteiger partial charge in [0.05, 0.1) is 5.71 Å².